The minimum absolute atomic E-state index is 0.0320. The quantitative estimate of drug-likeness (QED) is 0.863. The molecule has 0 radical (unpaired) electrons. The van der Waals surface area contributed by atoms with E-state index in [2.05, 4.69) is 35.8 Å². The third-order valence-corrected chi connectivity index (χ3v) is 6.35. The SMILES string of the molecule is CSc1ccc(C2NC(C)C(=O)N2CC2CCCS2)cc1. The maximum absolute atomic E-state index is 12.4. The van der Waals surface area contributed by atoms with Crippen molar-refractivity contribution in [1.82, 2.24) is 10.2 Å². The summed E-state index contributed by atoms with van der Waals surface area (Å²) in [6, 6.07) is 8.48. The predicted molar refractivity (Wildman–Crippen MR) is 90.8 cm³/mol. The fourth-order valence-corrected chi connectivity index (χ4v) is 4.71. The van der Waals surface area contributed by atoms with Gasteiger partial charge in [-0.25, -0.2) is 0 Å². The third-order valence-electron chi connectivity index (χ3n) is 4.23. The highest BCUT2D eigenvalue weighted by molar-refractivity contribution is 8.00. The van der Waals surface area contributed by atoms with Crippen LogP contribution in [0.15, 0.2) is 29.2 Å². The summed E-state index contributed by atoms with van der Waals surface area (Å²) in [7, 11) is 0. The summed E-state index contributed by atoms with van der Waals surface area (Å²) in [6.45, 7) is 2.84. The van der Waals surface area contributed by atoms with Crippen molar-refractivity contribution in [2.45, 2.75) is 42.1 Å². The molecule has 21 heavy (non-hydrogen) atoms. The van der Waals surface area contributed by atoms with E-state index in [-0.39, 0.29) is 18.1 Å². The van der Waals surface area contributed by atoms with Gasteiger partial charge < -0.3 is 4.90 Å². The molecule has 0 saturated carbocycles. The van der Waals surface area contributed by atoms with Crippen LogP contribution in [0.5, 0.6) is 0 Å². The van der Waals surface area contributed by atoms with Crippen LogP contribution in [0.4, 0.5) is 0 Å². The number of hydrogen-bond acceptors (Lipinski definition) is 4. The van der Waals surface area contributed by atoms with E-state index in [1.807, 2.05) is 23.6 Å². The van der Waals surface area contributed by atoms with Gasteiger partial charge in [0.1, 0.15) is 6.17 Å². The lowest BCUT2D eigenvalue weighted by Gasteiger charge is -2.27. The molecule has 3 unspecified atom stereocenters. The van der Waals surface area contributed by atoms with Crippen LogP contribution >= 0.6 is 23.5 Å². The fraction of sp³-hybridized carbons (Fsp3) is 0.562. The van der Waals surface area contributed by atoms with E-state index in [0.29, 0.717) is 5.25 Å². The molecule has 2 heterocycles. The molecule has 3 nitrogen and oxygen atoms in total. The van der Waals surface area contributed by atoms with Crippen LogP contribution in [0.2, 0.25) is 0 Å². The fourth-order valence-electron chi connectivity index (χ4n) is 3.04. The summed E-state index contributed by atoms with van der Waals surface area (Å²) in [5, 5.41) is 4.05. The molecule has 2 fully saturated rings. The van der Waals surface area contributed by atoms with E-state index in [1.165, 1.54) is 29.1 Å². The van der Waals surface area contributed by atoms with Gasteiger partial charge >= 0.3 is 0 Å². The first-order valence-corrected chi connectivity index (χ1v) is 9.78. The number of nitrogens with zero attached hydrogens (tertiary/aromatic N) is 1. The average molecular weight is 322 g/mol. The minimum Gasteiger partial charge on any atom is -0.320 e. The van der Waals surface area contributed by atoms with E-state index in [4.69, 9.17) is 0 Å². The van der Waals surface area contributed by atoms with Crippen LogP contribution in [0.1, 0.15) is 31.5 Å². The predicted octanol–water partition coefficient (Wildman–Crippen LogP) is 3.12. The van der Waals surface area contributed by atoms with Gasteiger partial charge in [-0.3, -0.25) is 10.1 Å². The number of thioether (sulfide) groups is 2. The number of nitrogens with one attached hydrogen (secondary N) is 1. The highest BCUT2D eigenvalue weighted by Crippen LogP contribution is 2.32. The molecular weight excluding hydrogens is 300 g/mol. The second-order valence-corrected chi connectivity index (χ2v) is 7.98. The number of carbonyl (C=O) groups is 1. The Labute approximate surface area is 135 Å². The molecule has 2 saturated heterocycles. The molecule has 1 N–H and O–H groups in total. The molecule has 5 heteroatoms. The topological polar surface area (TPSA) is 32.3 Å². The highest BCUT2D eigenvalue weighted by Gasteiger charge is 2.38. The van der Waals surface area contributed by atoms with Crippen molar-refractivity contribution in [2.75, 3.05) is 18.6 Å². The summed E-state index contributed by atoms with van der Waals surface area (Å²) in [6.07, 6.45) is 4.64. The van der Waals surface area contributed by atoms with Gasteiger partial charge in [-0.15, -0.1) is 11.8 Å². The van der Waals surface area contributed by atoms with Gasteiger partial charge in [0.05, 0.1) is 6.04 Å². The van der Waals surface area contributed by atoms with Crippen LogP contribution in [-0.2, 0) is 4.79 Å². The minimum atomic E-state index is -0.0818. The first-order chi connectivity index (χ1) is 10.2. The number of benzene rings is 1. The summed E-state index contributed by atoms with van der Waals surface area (Å²) in [4.78, 5) is 15.8. The molecule has 0 spiro atoms. The number of carbonyl (C=O) groups excluding carboxylic acids is 1. The van der Waals surface area contributed by atoms with Gasteiger partial charge in [-0.05, 0) is 49.5 Å². The maximum Gasteiger partial charge on any atom is 0.241 e. The molecule has 3 rings (SSSR count). The van der Waals surface area contributed by atoms with E-state index in [1.54, 1.807) is 11.8 Å². The first-order valence-electron chi connectivity index (χ1n) is 7.51. The van der Waals surface area contributed by atoms with Crippen LogP contribution in [0, 0.1) is 0 Å². The van der Waals surface area contributed by atoms with E-state index in [9.17, 15) is 4.79 Å². The van der Waals surface area contributed by atoms with Gasteiger partial charge in [0.25, 0.3) is 0 Å². The summed E-state index contributed by atoms with van der Waals surface area (Å²) < 4.78 is 0. The van der Waals surface area contributed by atoms with E-state index >= 15 is 0 Å². The Hall–Kier alpha value is -0.650. The Kier molecular flexibility index (Phi) is 4.82. The van der Waals surface area contributed by atoms with Gasteiger partial charge in [-0.1, -0.05) is 12.1 Å². The van der Waals surface area contributed by atoms with Gasteiger partial charge in [0.15, 0.2) is 0 Å². The van der Waals surface area contributed by atoms with Crippen molar-refractivity contribution in [3.05, 3.63) is 29.8 Å². The van der Waals surface area contributed by atoms with E-state index < -0.39 is 0 Å². The molecule has 1 aromatic rings. The molecule has 0 bridgehead atoms. The Morgan fingerprint density at radius 1 is 1.38 bits per heavy atom. The number of hydrogen-bond donors (Lipinski definition) is 1. The Bertz CT molecular complexity index is 500. The monoisotopic (exact) mass is 322 g/mol. The van der Waals surface area contributed by atoms with Crippen molar-refractivity contribution in [2.24, 2.45) is 0 Å². The largest absolute Gasteiger partial charge is 0.320 e. The lowest BCUT2D eigenvalue weighted by Crippen LogP contribution is -2.35. The van der Waals surface area contributed by atoms with Crippen molar-refractivity contribution >= 4 is 29.4 Å². The third kappa shape index (κ3) is 3.25. The van der Waals surface area contributed by atoms with Crippen molar-refractivity contribution in [3.8, 4) is 0 Å². The smallest absolute Gasteiger partial charge is 0.241 e. The lowest BCUT2D eigenvalue weighted by molar-refractivity contribution is -0.129. The van der Waals surface area contributed by atoms with Crippen LogP contribution in [-0.4, -0.2) is 40.7 Å². The molecule has 1 amide bonds. The molecule has 0 aliphatic carbocycles. The molecule has 0 aromatic heterocycles. The van der Waals surface area contributed by atoms with Crippen LogP contribution < -0.4 is 5.32 Å². The van der Waals surface area contributed by atoms with Crippen molar-refractivity contribution in [3.63, 3.8) is 0 Å². The maximum atomic E-state index is 12.4. The summed E-state index contributed by atoms with van der Waals surface area (Å²) >= 11 is 3.75. The van der Waals surface area contributed by atoms with Gasteiger partial charge in [0.2, 0.25) is 5.91 Å². The molecule has 3 atom stereocenters. The van der Waals surface area contributed by atoms with Crippen LogP contribution in [0.25, 0.3) is 0 Å². The second kappa shape index (κ2) is 6.63. The highest BCUT2D eigenvalue weighted by atomic mass is 32.2. The summed E-state index contributed by atoms with van der Waals surface area (Å²) in [5.41, 5.74) is 1.19. The molecule has 1 aromatic carbocycles. The summed E-state index contributed by atoms with van der Waals surface area (Å²) in [5.74, 6) is 1.48. The van der Waals surface area contributed by atoms with Crippen molar-refractivity contribution in [1.29, 1.82) is 0 Å². The number of amides is 1. The van der Waals surface area contributed by atoms with Gasteiger partial charge in [0, 0.05) is 16.7 Å². The Morgan fingerprint density at radius 2 is 2.14 bits per heavy atom. The zero-order valence-corrected chi connectivity index (χ0v) is 14.2. The van der Waals surface area contributed by atoms with Crippen LogP contribution in [0.3, 0.4) is 0 Å². The lowest BCUT2D eigenvalue weighted by atomic mass is 10.1. The first kappa shape index (κ1) is 15.3. The van der Waals surface area contributed by atoms with E-state index in [0.717, 1.165) is 6.54 Å². The Balaban J connectivity index is 1.78. The molecular formula is C16H22N2OS2. The Morgan fingerprint density at radius 3 is 2.76 bits per heavy atom. The molecule has 2 aliphatic rings. The standard InChI is InChI=1S/C16H22N2OS2/c1-11-16(19)18(10-14-4-3-9-21-14)15(17-11)12-5-7-13(20-2)8-6-12/h5-8,11,14-15,17H,3-4,9-10H2,1-2H3. The zero-order valence-electron chi connectivity index (χ0n) is 12.5. The normalized spacial score (nSPS) is 29.3. The zero-order chi connectivity index (χ0) is 14.8. The second-order valence-electron chi connectivity index (χ2n) is 5.69. The van der Waals surface area contributed by atoms with Crippen molar-refractivity contribution < 1.29 is 4.79 Å². The number of rotatable bonds is 4. The average Bonchev–Trinajstić information content (AvgIpc) is 3.11. The molecule has 114 valence electrons. The molecule has 2 aliphatic heterocycles. The van der Waals surface area contributed by atoms with Gasteiger partial charge in [-0.2, -0.15) is 11.8 Å².